The van der Waals surface area contributed by atoms with Gasteiger partial charge < -0.3 is 15.2 Å². The largest absolute Gasteiger partial charge is 0.356 e. The van der Waals surface area contributed by atoms with Crippen LogP contribution in [0.3, 0.4) is 0 Å². The van der Waals surface area contributed by atoms with Gasteiger partial charge in [0, 0.05) is 26.6 Å². The molecule has 0 amide bonds. The zero-order valence-electron chi connectivity index (χ0n) is 12.4. The smallest absolute Gasteiger partial charge is 0.191 e. The number of halogens is 1. The maximum atomic E-state index is 4.30. The van der Waals surface area contributed by atoms with Crippen molar-refractivity contribution < 1.29 is 0 Å². The zero-order chi connectivity index (χ0) is 13.5. The number of aliphatic imine (C=N–C) groups is 1. The van der Waals surface area contributed by atoms with E-state index < -0.39 is 0 Å². The summed E-state index contributed by atoms with van der Waals surface area (Å²) in [7, 11) is 1.79. The summed E-state index contributed by atoms with van der Waals surface area (Å²) in [5, 5.41) is 15.1. The van der Waals surface area contributed by atoms with E-state index in [2.05, 4.69) is 37.3 Å². The molecule has 0 unspecified atom stereocenters. The average molecular weight is 392 g/mol. The number of rotatable bonds is 4. The first-order valence-electron chi connectivity index (χ1n) is 7.20. The highest BCUT2D eigenvalue weighted by Crippen LogP contribution is 2.14. The molecule has 0 saturated carbocycles. The van der Waals surface area contributed by atoms with E-state index in [0.29, 0.717) is 6.54 Å². The second kappa shape index (κ2) is 9.15. The molecule has 1 aromatic heterocycles. The highest BCUT2D eigenvalue weighted by atomic mass is 127. The van der Waals surface area contributed by atoms with Crippen molar-refractivity contribution in [3.63, 3.8) is 0 Å². The Balaban J connectivity index is 0.00000200. The predicted octanol–water partition coefficient (Wildman–Crippen LogP) is 1.70. The van der Waals surface area contributed by atoms with E-state index in [-0.39, 0.29) is 24.0 Å². The second-order valence-corrected chi connectivity index (χ2v) is 4.85. The number of fused-ring (bicyclic) bond motifs is 1. The topological polar surface area (TPSA) is 67.1 Å². The molecule has 0 fully saturated rings. The second-order valence-electron chi connectivity index (χ2n) is 4.85. The number of hydrogen-bond acceptors (Lipinski definition) is 3. The van der Waals surface area contributed by atoms with E-state index >= 15 is 0 Å². The normalized spacial score (nSPS) is 15.0. The van der Waals surface area contributed by atoms with Crippen molar-refractivity contribution in [2.75, 3.05) is 13.6 Å². The molecule has 1 aromatic rings. The molecule has 2 heterocycles. The van der Waals surface area contributed by atoms with Gasteiger partial charge in [0.2, 0.25) is 0 Å². The minimum atomic E-state index is 0. The lowest BCUT2D eigenvalue weighted by Crippen LogP contribution is -2.37. The Morgan fingerprint density at radius 2 is 2.10 bits per heavy atom. The third-order valence-electron chi connectivity index (χ3n) is 3.37. The van der Waals surface area contributed by atoms with Crippen molar-refractivity contribution in [3.05, 3.63) is 11.6 Å². The summed E-state index contributed by atoms with van der Waals surface area (Å²) < 4.78 is 2.26. The Bertz CT molecular complexity index is 428. The van der Waals surface area contributed by atoms with Crippen LogP contribution in [0.4, 0.5) is 0 Å². The van der Waals surface area contributed by atoms with Gasteiger partial charge in [-0.2, -0.15) is 0 Å². The van der Waals surface area contributed by atoms with Gasteiger partial charge in [-0.05, 0) is 19.3 Å². The van der Waals surface area contributed by atoms with Crippen LogP contribution in [0.15, 0.2) is 4.99 Å². The van der Waals surface area contributed by atoms with Gasteiger partial charge in [-0.15, -0.1) is 34.2 Å². The molecule has 0 spiro atoms. The molecule has 0 saturated heterocycles. The lowest BCUT2D eigenvalue weighted by atomic mass is 10.2. The van der Waals surface area contributed by atoms with E-state index in [9.17, 15) is 0 Å². The van der Waals surface area contributed by atoms with Gasteiger partial charge in [-0.25, -0.2) is 0 Å². The molecular weight excluding hydrogens is 367 g/mol. The van der Waals surface area contributed by atoms with Gasteiger partial charge >= 0.3 is 0 Å². The van der Waals surface area contributed by atoms with E-state index in [4.69, 9.17) is 0 Å². The van der Waals surface area contributed by atoms with Crippen LogP contribution < -0.4 is 10.6 Å². The fourth-order valence-corrected chi connectivity index (χ4v) is 2.30. The number of hydrogen-bond donors (Lipinski definition) is 2. The van der Waals surface area contributed by atoms with E-state index in [1.807, 2.05) is 0 Å². The maximum absolute atomic E-state index is 4.30. The molecule has 2 rings (SSSR count). The van der Waals surface area contributed by atoms with Gasteiger partial charge in [0.25, 0.3) is 0 Å². The van der Waals surface area contributed by atoms with Crippen LogP contribution in [0.2, 0.25) is 0 Å². The molecule has 1 aliphatic heterocycles. The number of aromatic nitrogens is 3. The number of aryl methyl sites for hydroxylation is 1. The summed E-state index contributed by atoms with van der Waals surface area (Å²) in [6.45, 7) is 4.78. The molecular formula is C13H25IN6. The summed E-state index contributed by atoms with van der Waals surface area (Å²) in [6.07, 6.45) is 5.87. The maximum Gasteiger partial charge on any atom is 0.191 e. The summed E-state index contributed by atoms with van der Waals surface area (Å²) in [5.74, 6) is 2.97. The highest BCUT2D eigenvalue weighted by molar-refractivity contribution is 14.0. The first-order valence-corrected chi connectivity index (χ1v) is 7.20. The molecule has 6 nitrogen and oxygen atoms in total. The van der Waals surface area contributed by atoms with Crippen molar-refractivity contribution >= 4 is 29.9 Å². The molecule has 7 heteroatoms. The van der Waals surface area contributed by atoms with Gasteiger partial charge in [0.1, 0.15) is 5.82 Å². The summed E-state index contributed by atoms with van der Waals surface area (Å²) in [5.41, 5.74) is 0. The quantitative estimate of drug-likeness (QED) is 0.465. The lowest BCUT2D eigenvalue weighted by Gasteiger charge is -2.11. The minimum Gasteiger partial charge on any atom is -0.356 e. The lowest BCUT2D eigenvalue weighted by molar-refractivity contribution is 0.596. The van der Waals surface area contributed by atoms with Crippen LogP contribution in [-0.2, 0) is 19.5 Å². The Hall–Kier alpha value is -0.860. The Morgan fingerprint density at radius 3 is 2.85 bits per heavy atom. The highest BCUT2D eigenvalue weighted by Gasteiger charge is 2.14. The molecule has 2 N–H and O–H groups in total. The predicted molar refractivity (Wildman–Crippen MR) is 91.5 cm³/mol. The average Bonchev–Trinajstić information content (AvgIpc) is 2.67. The number of guanidine groups is 1. The molecule has 0 aromatic carbocycles. The number of nitrogens with one attached hydrogen (secondary N) is 2. The monoisotopic (exact) mass is 392 g/mol. The van der Waals surface area contributed by atoms with Crippen LogP contribution >= 0.6 is 24.0 Å². The summed E-state index contributed by atoms with van der Waals surface area (Å²) in [6, 6.07) is 0. The standard InChI is InChI=1S/C13H24N6.HI/c1-3-8-15-13(14-2)16-10-12-18-17-11-7-5-4-6-9-19(11)12;/h3-10H2,1-2H3,(H2,14,15,16);1H. The Labute approximate surface area is 137 Å². The number of nitrogens with zero attached hydrogens (tertiary/aromatic N) is 4. The Morgan fingerprint density at radius 1 is 1.25 bits per heavy atom. The molecule has 1 aliphatic rings. The van der Waals surface area contributed by atoms with E-state index in [0.717, 1.165) is 43.5 Å². The van der Waals surface area contributed by atoms with Gasteiger partial charge in [-0.1, -0.05) is 13.3 Å². The molecule has 0 aliphatic carbocycles. The first kappa shape index (κ1) is 17.2. The zero-order valence-corrected chi connectivity index (χ0v) is 14.7. The van der Waals surface area contributed by atoms with Gasteiger partial charge in [-0.3, -0.25) is 4.99 Å². The summed E-state index contributed by atoms with van der Waals surface area (Å²) in [4.78, 5) is 4.19. The molecule has 0 atom stereocenters. The SMILES string of the molecule is CCCNC(=NC)NCc1nnc2n1CCCCC2.I. The van der Waals surface area contributed by atoms with Crippen LogP contribution in [0, 0.1) is 0 Å². The molecule has 0 bridgehead atoms. The Kier molecular flexibility index (Phi) is 7.86. The van der Waals surface area contributed by atoms with Crippen molar-refractivity contribution in [3.8, 4) is 0 Å². The van der Waals surface area contributed by atoms with E-state index in [1.165, 1.54) is 19.3 Å². The van der Waals surface area contributed by atoms with Crippen molar-refractivity contribution in [2.45, 2.75) is 52.1 Å². The van der Waals surface area contributed by atoms with Crippen LogP contribution in [0.1, 0.15) is 44.3 Å². The van der Waals surface area contributed by atoms with E-state index in [1.54, 1.807) is 7.05 Å². The molecule has 0 radical (unpaired) electrons. The molecule has 114 valence electrons. The third-order valence-corrected chi connectivity index (χ3v) is 3.37. The van der Waals surface area contributed by atoms with Crippen LogP contribution in [0.5, 0.6) is 0 Å². The first-order chi connectivity index (χ1) is 9.35. The van der Waals surface area contributed by atoms with Crippen molar-refractivity contribution in [1.29, 1.82) is 0 Å². The summed E-state index contributed by atoms with van der Waals surface area (Å²) >= 11 is 0. The van der Waals surface area contributed by atoms with Gasteiger partial charge in [0.15, 0.2) is 11.8 Å². The van der Waals surface area contributed by atoms with Gasteiger partial charge in [0.05, 0.1) is 6.54 Å². The minimum absolute atomic E-state index is 0. The van der Waals surface area contributed by atoms with Crippen LogP contribution in [-0.4, -0.2) is 34.3 Å². The van der Waals surface area contributed by atoms with Crippen molar-refractivity contribution in [2.24, 2.45) is 4.99 Å². The fourth-order valence-electron chi connectivity index (χ4n) is 2.30. The third kappa shape index (κ3) is 4.60. The molecule has 20 heavy (non-hydrogen) atoms. The van der Waals surface area contributed by atoms with Crippen molar-refractivity contribution in [1.82, 2.24) is 25.4 Å². The van der Waals surface area contributed by atoms with Crippen LogP contribution in [0.25, 0.3) is 0 Å². The fraction of sp³-hybridized carbons (Fsp3) is 0.769.